The maximum Gasteiger partial charge on any atom is 0.148 e. The molecule has 5 nitrogen and oxygen atoms in total. The minimum atomic E-state index is 0.969. The normalized spacial score (nSPS) is 18.9. The zero-order chi connectivity index (χ0) is 11.4. The minimum Gasteiger partial charge on any atom is -0.367 e. The Hall–Kier alpha value is -1.07. The molecular formula is C11H21N5. The Balaban J connectivity index is 1.64. The lowest BCUT2D eigenvalue weighted by molar-refractivity contribution is 0.158. The van der Waals surface area contributed by atoms with Crippen LogP contribution in [0.3, 0.4) is 0 Å². The lowest BCUT2D eigenvalue weighted by Crippen LogP contribution is -2.45. The molecular weight excluding hydrogens is 202 g/mol. The molecule has 0 aliphatic carbocycles. The predicted octanol–water partition coefficient (Wildman–Crippen LogP) is 0.0794. The Morgan fingerprint density at radius 3 is 2.62 bits per heavy atom. The Kier molecular flexibility index (Phi) is 3.79. The molecule has 90 valence electrons. The van der Waals surface area contributed by atoms with Gasteiger partial charge in [-0.1, -0.05) is 0 Å². The number of aromatic nitrogens is 2. The van der Waals surface area contributed by atoms with E-state index in [0.29, 0.717) is 0 Å². The first-order chi connectivity index (χ1) is 7.74. The Morgan fingerprint density at radius 2 is 2.00 bits per heavy atom. The summed E-state index contributed by atoms with van der Waals surface area (Å²) in [7, 11) is 4.12. The second-order valence-electron chi connectivity index (χ2n) is 4.45. The first kappa shape index (κ1) is 11.4. The molecule has 0 spiro atoms. The van der Waals surface area contributed by atoms with Gasteiger partial charge in [0.25, 0.3) is 0 Å². The van der Waals surface area contributed by atoms with Crippen LogP contribution >= 0.6 is 0 Å². The van der Waals surface area contributed by atoms with Crippen molar-refractivity contribution in [2.24, 2.45) is 7.05 Å². The molecule has 0 saturated carbocycles. The zero-order valence-electron chi connectivity index (χ0n) is 10.2. The number of likely N-dealkylation sites (N-methyl/N-ethyl adjacent to an activating group) is 1. The molecule has 2 rings (SSSR count). The average molecular weight is 223 g/mol. The molecule has 1 aromatic heterocycles. The van der Waals surface area contributed by atoms with E-state index in [-0.39, 0.29) is 0 Å². The summed E-state index contributed by atoms with van der Waals surface area (Å²) in [6, 6.07) is 2.00. The molecule has 1 fully saturated rings. The Labute approximate surface area is 97.0 Å². The number of nitrogens with one attached hydrogen (secondary N) is 1. The van der Waals surface area contributed by atoms with Gasteiger partial charge in [0.05, 0.1) is 0 Å². The third kappa shape index (κ3) is 3.21. The second kappa shape index (κ2) is 5.32. The average Bonchev–Trinajstić information content (AvgIpc) is 2.67. The molecule has 1 aliphatic heterocycles. The van der Waals surface area contributed by atoms with E-state index >= 15 is 0 Å². The van der Waals surface area contributed by atoms with Gasteiger partial charge >= 0.3 is 0 Å². The summed E-state index contributed by atoms with van der Waals surface area (Å²) >= 11 is 0. The monoisotopic (exact) mass is 223 g/mol. The molecule has 5 heteroatoms. The number of hydrogen-bond donors (Lipinski definition) is 1. The van der Waals surface area contributed by atoms with Gasteiger partial charge < -0.3 is 10.2 Å². The fourth-order valence-corrected chi connectivity index (χ4v) is 1.92. The van der Waals surface area contributed by atoms with Crippen LogP contribution in [-0.2, 0) is 7.05 Å². The SMILES string of the molecule is CN1CCN(CCNc2ccn(C)n2)CC1. The van der Waals surface area contributed by atoms with Crippen LogP contribution in [0.1, 0.15) is 0 Å². The van der Waals surface area contributed by atoms with Crippen LogP contribution in [-0.4, -0.2) is 65.9 Å². The van der Waals surface area contributed by atoms with Gasteiger partial charge in [-0.25, -0.2) is 0 Å². The number of aryl methyl sites for hydroxylation is 1. The van der Waals surface area contributed by atoms with Crippen LogP contribution in [0.15, 0.2) is 12.3 Å². The summed E-state index contributed by atoms with van der Waals surface area (Å²) in [5.74, 6) is 0.969. The first-order valence-corrected chi connectivity index (χ1v) is 5.88. The molecule has 0 unspecified atom stereocenters. The van der Waals surface area contributed by atoms with Crippen molar-refractivity contribution < 1.29 is 0 Å². The highest BCUT2D eigenvalue weighted by Gasteiger charge is 2.12. The summed E-state index contributed by atoms with van der Waals surface area (Å²) in [6.45, 7) is 6.80. The van der Waals surface area contributed by atoms with Crippen molar-refractivity contribution in [3.05, 3.63) is 12.3 Å². The van der Waals surface area contributed by atoms with Gasteiger partial charge in [-0.05, 0) is 7.05 Å². The number of nitrogens with zero attached hydrogens (tertiary/aromatic N) is 4. The van der Waals surface area contributed by atoms with Gasteiger partial charge in [-0.3, -0.25) is 9.58 Å². The maximum absolute atomic E-state index is 4.28. The van der Waals surface area contributed by atoms with Gasteiger partial charge in [0.2, 0.25) is 0 Å². The fourth-order valence-electron chi connectivity index (χ4n) is 1.92. The van der Waals surface area contributed by atoms with Gasteiger partial charge in [0.15, 0.2) is 0 Å². The quantitative estimate of drug-likeness (QED) is 0.784. The van der Waals surface area contributed by atoms with Crippen molar-refractivity contribution in [3.8, 4) is 0 Å². The van der Waals surface area contributed by atoms with Gasteiger partial charge in [0.1, 0.15) is 5.82 Å². The van der Waals surface area contributed by atoms with E-state index in [2.05, 4.69) is 27.3 Å². The van der Waals surface area contributed by atoms with Crippen LogP contribution < -0.4 is 5.32 Å². The summed E-state index contributed by atoms with van der Waals surface area (Å²) in [4.78, 5) is 4.87. The highest BCUT2D eigenvalue weighted by Crippen LogP contribution is 2.01. The van der Waals surface area contributed by atoms with Crippen molar-refractivity contribution in [2.45, 2.75) is 0 Å². The molecule has 0 aromatic carbocycles. The number of hydrogen-bond acceptors (Lipinski definition) is 4. The van der Waals surface area contributed by atoms with E-state index in [1.165, 1.54) is 26.2 Å². The molecule has 0 bridgehead atoms. The lowest BCUT2D eigenvalue weighted by atomic mass is 10.3. The van der Waals surface area contributed by atoms with Crippen LogP contribution in [0.25, 0.3) is 0 Å². The van der Waals surface area contributed by atoms with E-state index in [4.69, 9.17) is 0 Å². The predicted molar refractivity (Wildman–Crippen MR) is 65.6 cm³/mol. The summed E-state index contributed by atoms with van der Waals surface area (Å²) in [6.07, 6.45) is 1.96. The van der Waals surface area contributed by atoms with Crippen LogP contribution in [0.2, 0.25) is 0 Å². The zero-order valence-corrected chi connectivity index (χ0v) is 10.2. The van der Waals surface area contributed by atoms with Crippen LogP contribution in [0.5, 0.6) is 0 Å². The molecule has 2 heterocycles. The van der Waals surface area contributed by atoms with Crippen molar-refractivity contribution in [1.29, 1.82) is 0 Å². The van der Waals surface area contributed by atoms with Crippen molar-refractivity contribution >= 4 is 5.82 Å². The molecule has 1 aliphatic rings. The summed E-state index contributed by atoms with van der Waals surface area (Å²) in [5.41, 5.74) is 0. The third-order valence-corrected chi connectivity index (χ3v) is 3.04. The standard InChI is InChI=1S/C11H21N5/c1-14-7-9-16(10-8-14)6-4-12-11-3-5-15(2)13-11/h3,5H,4,6-10H2,1-2H3,(H,12,13). The molecule has 1 N–H and O–H groups in total. The van der Waals surface area contributed by atoms with Gasteiger partial charge in [-0.15, -0.1) is 0 Å². The first-order valence-electron chi connectivity index (χ1n) is 5.88. The van der Waals surface area contributed by atoms with E-state index in [9.17, 15) is 0 Å². The summed E-state index contributed by atoms with van der Waals surface area (Å²) < 4.78 is 1.82. The molecule has 0 amide bonds. The highest BCUT2D eigenvalue weighted by atomic mass is 15.3. The van der Waals surface area contributed by atoms with E-state index in [0.717, 1.165) is 18.9 Å². The van der Waals surface area contributed by atoms with Crippen molar-refractivity contribution in [3.63, 3.8) is 0 Å². The van der Waals surface area contributed by atoms with Crippen LogP contribution in [0.4, 0.5) is 5.82 Å². The molecule has 0 atom stereocenters. The number of anilines is 1. The maximum atomic E-state index is 4.28. The number of piperazine rings is 1. The molecule has 16 heavy (non-hydrogen) atoms. The number of rotatable bonds is 4. The largest absolute Gasteiger partial charge is 0.367 e. The van der Waals surface area contributed by atoms with E-state index in [1.807, 2.05) is 24.0 Å². The van der Waals surface area contributed by atoms with E-state index < -0.39 is 0 Å². The lowest BCUT2D eigenvalue weighted by Gasteiger charge is -2.32. The Morgan fingerprint density at radius 1 is 1.25 bits per heavy atom. The molecule has 0 radical (unpaired) electrons. The minimum absolute atomic E-state index is 0.969. The molecule has 1 aromatic rings. The topological polar surface area (TPSA) is 36.3 Å². The van der Waals surface area contributed by atoms with Gasteiger partial charge in [-0.2, -0.15) is 5.10 Å². The van der Waals surface area contributed by atoms with Crippen molar-refractivity contribution in [1.82, 2.24) is 19.6 Å². The van der Waals surface area contributed by atoms with Crippen LogP contribution in [0, 0.1) is 0 Å². The smallest absolute Gasteiger partial charge is 0.148 e. The second-order valence-corrected chi connectivity index (χ2v) is 4.45. The van der Waals surface area contributed by atoms with E-state index in [1.54, 1.807) is 0 Å². The summed E-state index contributed by atoms with van der Waals surface area (Å²) in [5, 5.41) is 7.62. The third-order valence-electron chi connectivity index (χ3n) is 3.04. The Bertz CT molecular complexity index is 314. The highest BCUT2D eigenvalue weighted by molar-refractivity contribution is 5.31. The van der Waals surface area contributed by atoms with Crippen molar-refractivity contribution in [2.75, 3.05) is 51.6 Å². The van der Waals surface area contributed by atoms with Gasteiger partial charge in [0, 0.05) is 58.6 Å². The molecule has 1 saturated heterocycles. The fraction of sp³-hybridized carbons (Fsp3) is 0.727.